The molecular formula is C86H90Cl2N4O14. The number of esters is 2. The number of carbonyl (C=O) groups is 8. The smallest absolute Gasteiger partial charge is 0.349 e. The lowest BCUT2D eigenvalue weighted by Gasteiger charge is -2.38. The Bertz CT molecular complexity index is 4530. The Morgan fingerprint density at radius 2 is 0.594 bits per heavy atom. The maximum Gasteiger partial charge on any atom is 0.349 e. The number of rotatable bonds is 22. The third-order valence-corrected chi connectivity index (χ3v) is 19.9. The van der Waals surface area contributed by atoms with Gasteiger partial charge in [-0.05, 0) is 129 Å². The number of ether oxygens (including phenoxy) is 6. The summed E-state index contributed by atoms with van der Waals surface area (Å²) in [4.78, 5) is 125. The minimum Gasteiger partial charge on any atom is -0.460 e. The lowest BCUT2D eigenvalue weighted by molar-refractivity contribution is -0.142. The first-order valence-corrected chi connectivity index (χ1v) is 36.1. The highest BCUT2D eigenvalue weighted by Gasteiger charge is 2.48. The molecule has 0 aromatic heterocycles. The average Bonchev–Trinajstić information content (AvgIpc) is 0.672. The van der Waals surface area contributed by atoms with Crippen molar-refractivity contribution in [1.29, 1.82) is 0 Å². The summed E-state index contributed by atoms with van der Waals surface area (Å²) in [6.07, 6.45) is 0. The first-order chi connectivity index (χ1) is 49.6. The van der Waals surface area contributed by atoms with Crippen LogP contribution in [0.15, 0.2) is 145 Å². The van der Waals surface area contributed by atoms with E-state index in [9.17, 15) is 9.59 Å². The SMILES string of the molecule is C=C(Cl)C(=O)OCCN(C)C(=O)C(C(C)C)N1C(=O)c2cc(Oc3ccc(C(C)(C)C)cc3)c3c4c(Oc5ccc(C(C)(C)C)cc5)cc5c6c(cc(Oc7ccc(C(C)(C)C)cc7)c(c7c(Oc8ccc(C(C)(C)C)cc8)cc(c2c37)C1=O)c64)C(=O)N(C(C(=O)N(C)CCOC(=O)C(=C)Cl)C(C)C)C5=O. The summed E-state index contributed by atoms with van der Waals surface area (Å²) >= 11 is 11.7. The number of amides is 6. The molecule has 2 aliphatic rings. The van der Waals surface area contributed by atoms with Crippen LogP contribution in [0.2, 0.25) is 0 Å². The van der Waals surface area contributed by atoms with Crippen molar-refractivity contribution in [1.82, 2.24) is 19.6 Å². The molecule has 2 heterocycles. The summed E-state index contributed by atoms with van der Waals surface area (Å²) in [5.74, 6) is -6.37. The van der Waals surface area contributed by atoms with Gasteiger partial charge in [-0.2, -0.15) is 0 Å². The summed E-state index contributed by atoms with van der Waals surface area (Å²) in [5.41, 5.74) is 2.62. The van der Waals surface area contributed by atoms with E-state index >= 15 is 28.8 Å². The van der Waals surface area contributed by atoms with Gasteiger partial charge in [-0.25, -0.2) is 9.59 Å². The molecule has 9 aromatic carbocycles. The van der Waals surface area contributed by atoms with Crippen LogP contribution in [-0.2, 0) is 50.3 Å². The van der Waals surface area contributed by atoms with Gasteiger partial charge in [0.15, 0.2) is 0 Å². The van der Waals surface area contributed by atoms with Crippen LogP contribution >= 0.6 is 23.2 Å². The highest BCUT2D eigenvalue weighted by molar-refractivity contribution is 6.45. The Morgan fingerprint density at radius 3 is 0.783 bits per heavy atom. The molecule has 0 radical (unpaired) electrons. The van der Waals surface area contributed by atoms with Gasteiger partial charge in [0.1, 0.15) is 81.4 Å². The predicted molar refractivity (Wildman–Crippen MR) is 414 cm³/mol. The van der Waals surface area contributed by atoms with Crippen molar-refractivity contribution in [3.63, 3.8) is 0 Å². The fourth-order valence-electron chi connectivity index (χ4n) is 13.7. The van der Waals surface area contributed by atoms with Gasteiger partial charge >= 0.3 is 11.9 Å². The van der Waals surface area contributed by atoms with E-state index in [1.165, 1.54) is 23.9 Å². The number of likely N-dealkylation sites (N-methyl/N-ethyl adjacent to an activating group) is 2. The molecule has 9 aromatic rings. The Hall–Kier alpha value is -10.3. The largest absolute Gasteiger partial charge is 0.460 e. The van der Waals surface area contributed by atoms with Gasteiger partial charge in [-0.1, -0.05) is 196 Å². The summed E-state index contributed by atoms with van der Waals surface area (Å²) in [6, 6.07) is 33.4. The molecule has 552 valence electrons. The van der Waals surface area contributed by atoms with E-state index in [4.69, 9.17) is 51.6 Å². The number of nitrogens with zero attached hydrogens (tertiary/aromatic N) is 4. The van der Waals surface area contributed by atoms with Crippen molar-refractivity contribution in [3.05, 3.63) is 189 Å². The summed E-state index contributed by atoms with van der Waals surface area (Å²) in [7, 11) is 2.95. The lowest BCUT2D eigenvalue weighted by atomic mass is 9.80. The Balaban J connectivity index is 1.31. The van der Waals surface area contributed by atoms with Crippen molar-refractivity contribution in [2.24, 2.45) is 11.8 Å². The molecule has 0 bridgehead atoms. The molecule has 0 spiro atoms. The van der Waals surface area contributed by atoms with E-state index < -0.39 is 71.3 Å². The molecule has 0 saturated heterocycles. The van der Waals surface area contributed by atoms with E-state index in [1.54, 1.807) is 52.0 Å². The molecule has 11 rings (SSSR count). The van der Waals surface area contributed by atoms with Crippen LogP contribution in [0.1, 0.15) is 174 Å². The molecule has 0 fully saturated rings. The average molecular weight is 1470 g/mol. The van der Waals surface area contributed by atoms with Gasteiger partial charge < -0.3 is 38.2 Å². The van der Waals surface area contributed by atoms with Crippen molar-refractivity contribution in [3.8, 4) is 46.0 Å². The molecule has 0 saturated carbocycles. The van der Waals surface area contributed by atoms with E-state index in [0.717, 1.165) is 32.1 Å². The number of imide groups is 2. The highest BCUT2D eigenvalue weighted by Crippen LogP contribution is 2.58. The Kier molecular flexibility index (Phi) is 20.9. The van der Waals surface area contributed by atoms with E-state index in [-0.39, 0.29) is 146 Å². The minimum atomic E-state index is -1.45. The Labute approximate surface area is 628 Å². The number of hydrogen-bond acceptors (Lipinski definition) is 14. The number of hydrogen-bond donors (Lipinski definition) is 0. The second-order valence-corrected chi connectivity index (χ2v) is 33.0. The van der Waals surface area contributed by atoms with Crippen molar-refractivity contribution in [2.45, 2.75) is 145 Å². The summed E-state index contributed by atoms with van der Waals surface area (Å²) < 4.78 is 39.8. The van der Waals surface area contributed by atoms with Crippen LogP contribution < -0.4 is 18.9 Å². The van der Waals surface area contributed by atoms with E-state index in [0.29, 0.717) is 23.0 Å². The maximum absolute atomic E-state index is 16.4. The molecule has 106 heavy (non-hydrogen) atoms. The topological polar surface area (TPSA) is 205 Å². The zero-order valence-corrected chi connectivity index (χ0v) is 64.9. The fraction of sp³-hybridized carbons (Fsp3) is 0.349. The second-order valence-electron chi connectivity index (χ2n) is 32.1. The lowest BCUT2D eigenvalue weighted by Crippen LogP contribution is -2.56. The third-order valence-electron chi connectivity index (χ3n) is 19.6. The highest BCUT2D eigenvalue weighted by atomic mass is 35.5. The van der Waals surface area contributed by atoms with Crippen LogP contribution in [0.25, 0.3) is 43.1 Å². The molecule has 2 atom stereocenters. The van der Waals surface area contributed by atoms with Crippen molar-refractivity contribution in [2.75, 3.05) is 40.4 Å². The standard InChI is InChI=1S/C86H90Cl2N4O14/c1-45(2)73(79(97)89(19)37-39-101-81(99)47(5)87)91-75(93)57-41-61(103-53-29-21-49(22-30-53)83(7,8)9)67-69-63(105-55-33-25-51(26-34-55)85(13,14)15)43-59-66-60(78(96)92(77(59)95)74(46(3)4)80(98)90(20)38-40-102-82(100)48(6)88)44-64(106-56-35-27-52(28-36-56)86(16,17)18)70(72(66)69)68-62(42-58(76(91)94)65(57)71(67)68)104-54-31-23-50(24-32-54)84(10,11)12/h21-36,41-46,73-74H,5-6,37-40H2,1-4,7-20H3. The number of carbonyl (C=O) groups excluding carboxylic acids is 8. The fourth-order valence-corrected chi connectivity index (χ4v) is 13.8. The number of halogens is 2. The van der Waals surface area contributed by atoms with E-state index in [1.807, 2.05) is 97.1 Å². The van der Waals surface area contributed by atoms with Gasteiger partial charge in [-0.3, -0.25) is 38.6 Å². The Morgan fingerprint density at radius 1 is 0.377 bits per heavy atom. The van der Waals surface area contributed by atoms with Crippen molar-refractivity contribution >= 4 is 114 Å². The number of fused-ring (bicyclic) bond motifs is 2. The molecule has 0 aliphatic carbocycles. The van der Waals surface area contributed by atoms with Crippen LogP contribution in [0.5, 0.6) is 46.0 Å². The van der Waals surface area contributed by atoms with Crippen LogP contribution in [-0.4, -0.2) is 119 Å². The number of benzene rings is 9. The first-order valence-electron chi connectivity index (χ1n) is 35.4. The zero-order chi connectivity index (χ0) is 77.5. The first kappa shape index (κ1) is 76.8. The van der Waals surface area contributed by atoms with Crippen LogP contribution in [0.4, 0.5) is 0 Å². The van der Waals surface area contributed by atoms with Crippen LogP contribution in [0.3, 0.4) is 0 Å². The van der Waals surface area contributed by atoms with Gasteiger partial charge in [0.2, 0.25) is 11.8 Å². The summed E-state index contributed by atoms with van der Waals surface area (Å²) in [6.45, 7) is 37.9. The van der Waals surface area contributed by atoms with Gasteiger partial charge in [-0.15, -0.1) is 0 Å². The molecule has 6 amide bonds. The molecule has 2 aliphatic heterocycles. The molecule has 18 nitrogen and oxygen atoms in total. The van der Waals surface area contributed by atoms with Crippen LogP contribution in [0, 0.1) is 11.8 Å². The molecule has 0 N–H and O–H groups in total. The minimum absolute atomic E-state index is 0.0415. The molecule has 2 unspecified atom stereocenters. The van der Waals surface area contributed by atoms with Crippen molar-refractivity contribution < 1.29 is 66.8 Å². The normalized spacial score (nSPS) is 14.0. The van der Waals surface area contributed by atoms with Gasteiger partial charge in [0.05, 0.1) is 35.3 Å². The monoisotopic (exact) mass is 1470 g/mol. The predicted octanol–water partition coefficient (Wildman–Crippen LogP) is 18.8. The summed E-state index contributed by atoms with van der Waals surface area (Å²) in [5, 5.41) is 1.05. The third kappa shape index (κ3) is 14.7. The molecule has 20 heteroatoms. The van der Waals surface area contributed by atoms with Gasteiger partial charge in [0.25, 0.3) is 23.6 Å². The second kappa shape index (κ2) is 28.9. The van der Waals surface area contributed by atoms with E-state index in [2.05, 4.69) is 96.2 Å². The zero-order valence-electron chi connectivity index (χ0n) is 63.4. The molecular weight excluding hydrogens is 1380 g/mol. The quantitative estimate of drug-likeness (QED) is 0.0204. The van der Waals surface area contributed by atoms with Gasteiger partial charge in [0, 0.05) is 57.2 Å². The maximum atomic E-state index is 16.4.